The normalized spacial score (nSPS) is 11.7. The molecule has 0 saturated carbocycles. The highest BCUT2D eigenvalue weighted by Crippen LogP contribution is 2.08. The fourth-order valence-corrected chi connectivity index (χ4v) is 1.93. The molecule has 116 valence electrons. The van der Waals surface area contributed by atoms with Crippen molar-refractivity contribution in [1.29, 1.82) is 0 Å². The summed E-state index contributed by atoms with van der Waals surface area (Å²) in [5.41, 5.74) is 0.708. The van der Waals surface area contributed by atoms with Crippen LogP contribution in [-0.4, -0.2) is 24.5 Å². The van der Waals surface area contributed by atoms with Crippen LogP contribution in [0.2, 0.25) is 0 Å². The Balaban J connectivity index is 2.10. The number of carbonyl (C=O) groups excluding carboxylic acids is 2. The van der Waals surface area contributed by atoms with Crippen LogP contribution in [0.4, 0.5) is 4.39 Å². The first-order valence-electron chi connectivity index (χ1n) is 6.85. The Morgan fingerprint density at radius 1 is 1.27 bits per heavy atom. The molecule has 5 nitrogen and oxygen atoms in total. The third-order valence-corrected chi connectivity index (χ3v) is 2.97. The Bertz CT molecular complexity index is 622. The first-order valence-corrected chi connectivity index (χ1v) is 6.85. The van der Waals surface area contributed by atoms with E-state index < -0.39 is 17.9 Å². The lowest BCUT2D eigenvalue weighted by Crippen LogP contribution is -2.43. The molecular weight excluding hydrogens is 289 g/mol. The summed E-state index contributed by atoms with van der Waals surface area (Å²) in [6.45, 7) is 1.89. The molecule has 0 bridgehead atoms. The Kier molecular flexibility index (Phi) is 5.30. The molecule has 0 aliphatic rings. The van der Waals surface area contributed by atoms with Crippen molar-refractivity contribution in [3.05, 3.63) is 59.8 Å². The number of amides is 1. The summed E-state index contributed by atoms with van der Waals surface area (Å²) in [4.78, 5) is 24.0. The molecule has 2 rings (SSSR count). The maximum Gasteiger partial charge on any atom is 0.328 e. The Hall–Kier alpha value is -2.63. The van der Waals surface area contributed by atoms with E-state index >= 15 is 0 Å². The third-order valence-electron chi connectivity index (χ3n) is 2.97. The van der Waals surface area contributed by atoms with Gasteiger partial charge in [-0.2, -0.15) is 0 Å². The van der Waals surface area contributed by atoms with E-state index in [1.165, 1.54) is 24.5 Å². The highest BCUT2D eigenvalue weighted by atomic mass is 19.1. The number of ether oxygens (including phenoxy) is 1. The number of carbonyl (C=O) groups is 2. The first kappa shape index (κ1) is 15.8. The van der Waals surface area contributed by atoms with Gasteiger partial charge in [-0.25, -0.2) is 9.18 Å². The number of hydrogen-bond donors (Lipinski definition) is 1. The fourth-order valence-electron chi connectivity index (χ4n) is 1.93. The lowest BCUT2D eigenvalue weighted by molar-refractivity contribution is -0.145. The van der Waals surface area contributed by atoms with Crippen LogP contribution < -0.4 is 5.32 Å². The highest BCUT2D eigenvalue weighted by Gasteiger charge is 2.24. The molecule has 1 aromatic carbocycles. The van der Waals surface area contributed by atoms with E-state index in [2.05, 4.69) is 5.32 Å². The van der Waals surface area contributed by atoms with Crippen molar-refractivity contribution in [2.75, 3.05) is 6.61 Å². The van der Waals surface area contributed by atoms with E-state index in [1.807, 2.05) is 0 Å². The number of nitrogens with one attached hydrogen (secondary N) is 1. The molecule has 2 aromatic rings. The molecule has 1 amide bonds. The van der Waals surface area contributed by atoms with E-state index in [4.69, 9.17) is 9.15 Å². The van der Waals surface area contributed by atoms with Crippen molar-refractivity contribution in [3.63, 3.8) is 0 Å². The zero-order valence-corrected chi connectivity index (χ0v) is 12.0. The van der Waals surface area contributed by atoms with E-state index in [-0.39, 0.29) is 24.6 Å². The van der Waals surface area contributed by atoms with Crippen molar-refractivity contribution >= 4 is 11.9 Å². The largest absolute Gasteiger partial charge is 0.464 e. The second-order valence-electron chi connectivity index (χ2n) is 4.59. The lowest BCUT2D eigenvalue weighted by atomic mass is 10.1. The van der Waals surface area contributed by atoms with Crippen LogP contribution >= 0.6 is 0 Å². The van der Waals surface area contributed by atoms with Crippen LogP contribution in [-0.2, 0) is 16.0 Å². The lowest BCUT2D eigenvalue weighted by Gasteiger charge is -2.16. The number of rotatable bonds is 6. The molecule has 6 heteroatoms. The van der Waals surface area contributed by atoms with Gasteiger partial charge in [0.05, 0.1) is 12.9 Å². The van der Waals surface area contributed by atoms with Crippen molar-refractivity contribution in [2.45, 2.75) is 19.4 Å². The quantitative estimate of drug-likeness (QED) is 0.832. The van der Waals surface area contributed by atoms with Gasteiger partial charge in [0.2, 0.25) is 0 Å². The van der Waals surface area contributed by atoms with E-state index in [9.17, 15) is 14.0 Å². The third kappa shape index (κ3) is 4.18. The van der Waals surface area contributed by atoms with Gasteiger partial charge in [-0.15, -0.1) is 0 Å². The number of esters is 1. The van der Waals surface area contributed by atoms with Gasteiger partial charge in [0, 0.05) is 6.42 Å². The van der Waals surface area contributed by atoms with Gasteiger partial charge in [0.15, 0.2) is 5.76 Å². The summed E-state index contributed by atoms with van der Waals surface area (Å²) >= 11 is 0. The number of hydrogen-bond acceptors (Lipinski definition) is 4. The summed E-state index contributed by atoms with van der Waals surface area (Å²) in [5.74, 6) is -1.32. The Labute approximate surface area is 127 Å². The van der Waals surface area contributed by atoms with Gasteiger partial charge in [-0.3, -0.25) is 4.79 Å². The van der Waals surface area contributed by atoms with Crippen molar-refractivity contribution in [1.82, 2.24) is 5.32 Å². The SMILES string of the molecule is CCOC(=O)[C@@H](Cc1ccc(F)cc1)NC(=O)c1ccco1. The van der Waals surface area contributed by atoms with E-state index in [0.717, 1.165) is 0 Å². The predicted molar refractivity (Wildman–Crippen MR) is 76.7 cm³/mol. The summed E-state index contributed by atoms with van der Waals surface area (Å²) < 4.78 is 22.9. The van der Waals surface area contributed by atoms with Gasteiger partial charge in [-0.05, 0) is 36.8 Å². The molecule has 22 heavy (non-hydrogen) atoms. The van der Waals surface area contributed by atoms with E-state index in [0.29, 0.717) is 5.56 Å². The summed E-state index contributed by atoms with van der Waals surface area (Å²) in [5, 5.41) is 2.57. The zero-order valence-electron chi connectivity index (χ0n) is 12.0. The van der Waals surface area contributed by atoms with Crippen LogP contribution in [0, 0.1) is 5.82 Å². The Morgan fingerprint density at radius 2 is 2.00 bits per heavy atom. The zero-order chi connectivity index (χ0) is 15.9. The molecule has 1 aromatic heterocycles. The van der Waals surface area contributed by atoms with Crippen LogP contribution in [0.5, 0.6) is 0 Å². The van der Waals surface area contributed by atoms with Gasteiger partial charge in [0.25, 0.3) is 5.91 Å². The average Bonchev–Trinajstić information content (AvgIpc) is 3.03. The van der Waals surface area contributed by atoms with Crippen LogP contribution in [0.15, 0.2) is 47.1 Å². The monoisotopic (exact) mass is 305 g/mol. The van der Waals surface area contributed by atoms with Gasteiger partial charge in [0.1, 0.15) is 11.9 Å². The molecule has 0 unspecified atom stereocenters. The van der Waals surface area contributed by atoms with Crippen molar-refractivity contribution in [2.24, 2.45) is 0 Å². The van der Waals surface area contributed by atoms with Crippen molar-refractivity contribution < 1.29 is 23.1 Å². The molecular formula is C16H16FNO4. The second kappa shape index (κ2) is 7.40. The predicted octanol–water partition coefficient (Wildman–Crippen LogP) is 2.32. The maximum absolute atomic E-state index is 12.9. The molecule has 1 N–H and O–H groups in total. The smallest absolute Gasteiger partial charge is 0.328 e. The molecule has 0 saturated heterocycles. The molecule has 0 aliphatic heterocycles. The van der Waals surface area contributed by atoms with Crippen molar-refractivity contribution in [3.8, 4) is 0 Å². The highest BCUT2D eigenvalue weighted by molar-refractivity contribution is 5.94. The maximum atomic E-state index is 12.9. The minimum absolute atomic E-state index is 0.105. The molecule has 1 heterocycles. The van der Waals surface area contributed by atoms with Crippen LogP contribution in [0.25, 0.3) is 0 Å². The summed E-state index contributed by atoms with van der Waals surface area (Å²) in [7, 11) is 0. The molecule has 0 radical (unpaired) electrons. The molecule has 0 fully saturated rings. The number of halogens is 1. The number of furan rings is 1. The average molecular weight is 305 g/mol. The summed E-state index contributed by atoms with van der Waals surface area (Å²) in [6.07, 6.45) is 1.57. The topological polar surface area (TPSA) is 68.5 Å². The van der Waals surface area contributed by atoms with E-state index in [1.54, 1.807) is 25.1 Å². The molecule has 0 aliphatic carbocycles. The molecule has 0 spiro atoms. The fraction of sp³-hybridized carbons (Fsp3) is 0.250. The standard InChI is InChI=1S/C16H16FNO4/c1-2-21-16(20)13(10-11-5-7-12(17)8-6-11)18-15(19)14-4-3-9-22-14/h3-9,13H,2,10H2,1H3,(H,18,19)/t13-/m1/s1. The Morgan fingerprint density at radius 3 is 2.59 bits per heavy atom. The summed E-state index contributed by atoms with van der Waals surface area (Å²) in [6, 6.07) is 7.91. The minimum Gasteiger partial charge on any atom is -0.464 e. The first-order chi connectivity index (χ1) is 10.6. The van der Waals surface area contributed by atoms with Crippen LogP contribution in [0.1, 0.15) is 23.0 Å². The van der Waals surface area contributed by atoms with Gasteiger partial charge >= 0.3 is 5.97 Å². The van der Waals surface area contributed by atoms with Gasteiger partial charge < -0.3 is 14.5 Å². The van der Waals surface area contributed by atoms with Crippen LogP contribution in [0.3, 0.4) is 0 Å². The van der Waals surface area contributed by atoms with Gasteiger partial charge in [-0.1, -0.05) is 12.1 Å². The molecule has 1 atom stereocenters. The second-order valence-corrected chi connectivity index (χ2v) is 4.59. The minimum atomic E-state index is -0.872. The number of benzene rings is 1.